The van der Waals surface area contributed by atoms with Gasteiger partial charge in [-0.25, -0.2) is 0 Å². The number of nitrogens with two attached hydrogens (primary N) is 1. The van der Waals surface area contributed by atoms with E-state index in [1.807, 2.05) is 24.3 Å². The topological polar surface area (TPSA) is 38.4 Å². The van der Waals surface area contributed by atoms with Crippen molar-refractivity contribution in [3.8, 4) is 0 Å². The van der Waals surface area contributed by atoms with Crippen LogP contribution < -0.4 is 11.2 Å². The van der Waals surface area contributed by atoms with E-state index in [2.05, 4.69) is 29.4 Å². The number of hydrogen-bond donors (Lipinski definition) is 1. The maximum atomic E-state index is 5.51. The second kappa shape index (κ2) is 3.61. The van der Waals surface area contributed by atoms with Gasteiger partial charge in [0.25, 0.3) is 0 Å². The maximum absolute atomic E-state index is 5.51. The molecule has 3 rings (SSSR count). The second-order valence-electron chi connectivity index (χ2n) is 3.57. The third-order valence-corrected chi connectivity index (χ3v) is 3.79. The third kappa shape index (κ3) is 1.29. The molecule has 16 heavy (non-hydrogen) atoms. The molecule has 0 fully saturated rings. The van der Waals surface area contributed by atoms with Gasteiger partial charge in [0.15, 0.2) is 0 Å². The highest BCUT2D eigenvalue weighted by Gasteiger charge is 2.02. The van der Waals surface area contributed by atoms with Gasteiger partial charge in [0, 0.05) is 20.2 Å². The van der Waals surface area contributed by atoms with Crippen LogP contribution in [0.5, 0.6) is 0 Å². The van der Waals surface area contributed by atoms with Crippen molar-refractivity contribution >= 4 is 31.5 Å². The van der Waals surface area contributed by atoms with E-state index in [-0.39, 0.29) is 0 Å². The van der Waals surface area contributed by atoms with E-state index < -0.39 is 0 Å². The molecule has 2 aromatic carbocycles. The highest BCUT2D eigenvalue weighted by molar-refractivity contribution is 7.24. The van der Waals surface area contributed by atoms with Gasteiger partial charge < -0.3 is 5.84 Å². The van der Waals surface area contributed by atoms with Crippen LogP contribution in [0.2, 0.25) is 0 Å². The summed E-state index contributed by atoms with van der Waals surface area (Å²) in [7, 11) is 0. The molecule has 0 unspecified atom stereocenters. The van der Waals surface area contributed by atoms with Crippen LogP contribution in [0, 0.1) is 0 Å². The Morgan fingerprint density at radius 1 is 0.812 bits per heavy atom. The molecule has 1 aromatic heterocycles. The third-order valence-electron chi connectivity index (χ3n) is 2.63. The molecule has 0 saturated carbocycles. The van der Waals surface area contributed by atoms with Gasteiger partial charge in [0.1, 0.15) is 0 Å². The number of nitrogens with zero attached hydrogens (tertiary/aromatic N) is 1. The lowest BCUT2D eigenvalue weighted by Gasteiger charge is -2.01. The molecule has 0 aliphatic heterocycles. The Morgan fingerprint density at radius 3 is 1.81 bits per heavy atom. The van der Waals surface area contributed by atoms with Crippen molar-refractivity contribution in [2.24, 2.45) is 10.9 Å². The van der Waals surface area contributed by atoms with Crippen LogP contribution in [0.1, 0.15) is 0 Å². The SMILES string of the molecule is NN=c1c2ccccc2sc2ccccc12. The second-order valence-corrected chi connectivity index (χ2v) is 4.66. The summed E-state index contributed by atoms with van der Waals surface area (Å²) in [5.74, 6) is 5.51. The summed E-state index contributed by atoms with van der Waals surface area (Å²) < 4.78 is 2.43. The fourth-order valence-corrected chi connectivity index (χ4v) is 2.98. The first-order valence-corrected chi connectivity index (χ1v) is 5.86. The fraction of sp³-hybridized carbons (Fsp3) is 0. The maximum Gasteiger partial charge on any atom is 0.0999 e. The molecule has 3 aromatic rings. The van der Waals surface area contributed by atoms with Gasteiger partial charge in [-0.05, 0) is 12.1 Å². The molecule has 2 N–H and O–H groups in total. The van der Waals surface area contributed by atoms with Gasteiger partial charge in [-0.15, -0.1) is 11.3 Å². The van der Waals surface area contributed by atoms with Gasteiger partial charge in [-0.2, -0.15) is 5.10 Å². The highest BCUT2D eigenvalue weighted by atomic mass is 32.1. The zero-order valence-corrected chi connectivity index (χ0v) is 9.37. The lowest BCUT2D eigenvalue weighted by molar-refractivity contribution is 1.17. The van der Waals surface area contributed by atoms with Crippen molar-refractivity contribution in [1.82, 2.24) is 0 Å². The van der Waals surface area contributed by atoms with Crippen molar-refractivity contribution in [3.63, 3.8) is 0 Å². The monoisotopic (exact) mass is 226 g/mol. The molecular weight excluding hydrogens is 216 g/mol. The minimum Gasteiger partial charge on any atom is -0.323 e. The van der Waals surface area contributed by atoms with E-state index in [0.29, 0.717) is 0 Å². The molecule has 0 aliphatic carbocycles. The number of rotatable bonds is 0. The van der Waals surface area contributed by atoms with Crippen LogP contribution in [0.4, 0.5) is 0 Å². The average Bonchev–Trinajstić information content (AvgIpc) is 2.36. The average molecular weight is 226 g/mol. The minimum absolute atomic E-state index is 0.880. The summed E-state index contributed by atoms with van der Waals surface area (Å²) >= 11 is 1.77. The van der Waals surface area contributed by atoms with Crippen molar-refractivity contribution in [1.29, 1.82) is 0 Å². The summed E-state index contributed by atoms with van der Waals surface area (Å²) in [6.07, 6.45) is 0. The minimum atomic E-state index is 0.880. The number of hydrogen-bond acceptors (Lipinski definition) is 3. The van der Waals surface area contributed by atoms with E-state index >= 15 is 0 Å². The zero-order valence-electron chi connectivity index (χ0n) is 8.55. The molecule has 3 heteroatoms. The molecule has 0 amide bonds. The standard InChI is InChI=1S/C13H10N2S/c14-15-13-9-5-1-3-7-11(9)16-12-8-4-2-6-10(12)13/h1-8H,14H2. The molecule has 1 heterocycles. The van der Waals surface area contributed by atoms with Crippen LogP contribution in [0.15, 0.2) is 53.6 Å². The molecule has 0 spiro atoms. The zero-order chi connectivity index (χ0) is 11.0. The van der Waals surface area contributed by atoms with Crippen molar-refractivity contribution in [3.05, 3.63) is 53.9 Å². The van der Waals surface area contributed by atoms with Crippen LogP contribution in [0.25, 0.3) is 20.2 Å². The molecule has 0 radical (unpaired) electrons. The molecule has 0 atom stereocenters. The Balaban J connectivity index is 2.68. The number of benzene rings is 2. The Morgan fingerprint density at radius 2 is 1.31 bits per heavy atom. The summed E-state index contributed by atoms with van der Waals surface area (Å²) in [5, 5.41) is 7.05. The first-order chi connectivity index (χ1) is 7.90. The number of fused-ring (bicyclic) bond motifs is 2. The van der Waals surface area contributed by atoms with Crippen molar-refractivity contribution in [2.45, 2.75) is 0 Å². The molecule has 0 saturated heterocycles. The van der Waals surface area contributed by atoms with Crippen LogP contribution in [0.3, 0.4) is 0 Å². The van der Waals surface area contributed by atoms with Gasteiger partial charge in [0.2, 0.25) is 0 Å². The van der Waals surface area contributed by atoms with E-state index in [9.17, 15) is 0 Å². The summed E-state index contributed by atoms with van der Waals surface area (Å²) in [5.41, 5.74) is 0. The van der Waals surface area contributed by atoms with Crippen LogP contribution >= 0.6 is 11.3 Å². The van der Waals surface area contributed by atoms with E-state index in [0.717, 1.165) is 16.1 Å². The summed E-state index contributed by atoms with van der Waals surface area (Å²) in [6.45, 7) is 0. The summed E-state index contributed by atoms with van der Waals surface area (Å²) in [4.78, 5) is 0. The first kappa shape index (κ1) is 9.36. The van der Waals surface area contributed by atoms with Crippen LogP contribution in [-0.2, 0) is 0 Å². The Kier molecular flexibility index (Phi) is 2.11. The lowest BCUT2D eigenvalue weighted by atomic mass is 10.2. The predicted molar refractivity (Wildman–Crippen MR) is 69.1 cm³/mol. The predicted octanol–water partition coefficient (Wildman–Crippen LogP) is 2.83. The first-order valence-electron chi connectivity index (χ1n) is 5.04. The smallest absolute Gasteiger partial charge is 0.0999 e. The van der Waals surface area contributed by atoms with Crippen molar-refractivity contribution in [2.75, 3.05) is 0 Å². The Bertz CT molecular complexity index is 671. The van der Waals surface area contributed by atoms with Gasteiger partial charge >= 0.3 is 0 Å². The van der Waals surface area contributed by atoms with E-state index in [1.54, 1.807) is 11.3 Å². The van der Waals surface area contributed by atoms with Gasteiger partial charge in [-0.3, -0.25) is 0 Å². The fourth-order valence-electron chi connectivity index (χ4n) is 1.91. The summed E-state index contributed by atoms with van der Waals surface area (Å²) in [6, 6.07) is 16.4. The Hall–Kier alpha value is -1.87. The Labute approximate surface area is 96.7 Å². The van der Waals surface area contributed by atoms with Crippen molar-refractivity contribution < 1.29 is 0 Å². The van der Waals surface area contributed by atoms with Gasteiger partial charge in [-0.1, -0.05) is 36.4 Å². The van der Waals surface area contributed by atoms with E-state index in [1.165, 1.54) is 9.40 Å². The molecule has 0 aliphatic rings. The molecule has 78 valence electrons. The highest BCUT2D eigenvalue weighted by Crippen LogP contribution is 2.23. The van der Waals surface area contributed by atoms with E-state index in [4.69, 9.17) is 5.84 Å². The lowest BCUT2D eigenvalue weighted by Crippen LogP contribution is -2.07. The molecular formula is C13H10N2S. The molecule has 2 nitrogen and oxygen atoms in total. The normalized spacial score (nSPS) is 10.8. The molecule has 0 bridgehead atoms. The van der Waals surface area contributed by atoms with Crippen LogP contribution in [-0.4, -0.2) is 0 Å². The largest absolute Gasteiger partial charge is 0.323 e. The van der Waals surface area contributed by atoms with Gasteiger partial charge in [0.05, 0.1) is 5.36 Å². The quantitative estimate of drug-likeness (QED) is 0.357.